The quantitative estimate of drug-likeness (QED) is 0.525. The molecule has 1 heterocycles. The standard InChI is InChI=1S/C22H25N5S/c1-5-26(6-2)19-13-11-18(12-14-19)21-24-25-22(28-17(4)15-23)27(21)20-10-8-7-9-16(20)3/h7-14,17H,5-6H2,1-4H3/t17-/m0/s1. The summed E-state index contributed by atoms with van der Waals surface area (Å²) in [5.41, 5.74) is 4.37. The van der Waals surface area contributed by atoms with Crippen molar-refractivity contribution in [2.24, 2.45) is 0 Å². The van der Waals surface area contributed by atoms with Crippen LogP contribution >= 0.6 is 11.8 Å². The van der Waals surface area contributed by atoms with E-state index in [1.165, 1.54) is 17.4 Å². The van der Waals surface area contributed by atoms with E-state index in [9.17, 15) is 5.26 Å². The molecule has 0 spiro atoms. The van der Waals surface area contributed by atoms with Gasteiger partial charge in [0.05, 0.1) is 17.0 Å². The van der Waals surface area contributed by atoms with Crippen LogP contribution < -0.4 is 4.90 Å². The van der Waals surface area contributed by atoms with E-state index >= 15 is 0 Å². The molecule has 3 rings (SSSR count). The van der Waals surface area contributed by atoms with Crippen LogP contribution in [0.4, 0.5) is 5.69 Å². The van der Waals surface area contributed by atoms with E-state index in [1.54, 1.807) is 0 Å². The van der Waals surface area contributed by atoms with E-state index < -0.39 is 0 Å². The van der Waals surface area contributed by atoms with Crippen LogP contribution in [-0.4, -0.2) is 33.1 Å². The molecule has 28 heavy (non-hydrogen) atoms. The van der Waals surface area contributed by atoms with Gasteiger partial charge in [-0.1, -0.05) is 30.0 Å². The van der Waals surface area contributed by atoms with Crippen molar-refractivity contribution in [2.75, 3.05) is 18.0 Å². The van der Waals surface area contributed by atoms with Gasteiger partial charge >= 0.3 is 0 Å². The zero-order valence-corrected chi connectivity index (χ0v) is 17.6. The first-order valence-corrected chi connectivity index (χ1v) is 10.4. The zero-order valence-electron chi connectivity index (χ0n) is 16.8. The monoisotopic (exact) mass is 391 g/mol. The fourth-order valence-electron chi connectivity index (χ4n) is 3.16. The highest BCUT2D eigenvalue weighted by molar-refractivity contribution is 8.00. The topological polar surface area (TPSA) is 57.7 Å². The minimum Gasteiger partial charge on any atom is -0.372 e. The predicted molar refractivity (Wildman–Crippen MR) is 116 cm³/mol. The summed E-state index contributed by atoms with van der Waals surface area (Å²) >= 11 is 1.42. The summed E-state index contributed by atoms with van der Waals surface area (Å²) in [7, 11) is 0. The van der Waals surface area contributed by atoms with Crippen molar-refractivity contribution >= 4 is 17.4 Å². The van der Waals surface area contributed by atoms with Crippen LogP contribution in [0, 0.1) is 18.3 Å². The van der Waals surface area contributed by atoms with Crippen molar-refractivity contribution in [3.8, 4) is 23.1 Å². The Morgan fingerprint density at radius 3 is 2.36 bits per heavy atom. The van der Waals surface area contributed by atoms with Gasteiger partial charge in [-0.2, -0.15) is 5.26 Å². The number of rotatable bonds is 7. The van der Waals surface area contributed by atoms with Gasteiger partial charge in [-0.05, 0) is 63.6 Å². The molecule has 0 radical (unpaired) electrons. The van der Waals surface area contributed by atoms with Gasteiger partial charge in [0, 0.05) is 24.3 Å². The molecule has 1 aromatic heterocycles. The maximum atomic E-state index is 9.23. The van der Waals surface area contributed by atoms with Crippen LogP contribution in [0.5, 0.6) is 0 Å². The van der Waals surface area contributed by atoms with Gasteiger partial charge in [0.25, 0.3) is 0 Å². The van der Waals surface area contributed by atoms with Gasteiger partial charge in [0.1, 0.15) is 0 Å². The molecule has 5 nitrogen and oxygen atoms in total. The smallest absolute Gasteiger partial charge is 0.197 e. The SMILES string of the molecule is CCN(CC)c1ccc(-c2nnc(S[C@@H](C)C#N)n2-c2ccccc2C)cc1. The molecule has 0 aliphatic heterocycles. The van der Waals surface area contributed by atoms with Gasteiger partial charge in [0.15, 0.2) is 11.0 Å². The summed E-state index contributed by atoms with van der Waals surface area (Å²) in [5.74, 6) is 0.785. The molecular formula is C22H25N5S. The Bertz CT molecular complexity index is 967. The fraction of sp³-hybridized carbons (Fsp3) is 0.318. The highest BCUT2D eigenvalue weighted by Crippen LogP contribution is 2.31. The number of nitriles is 1. The lowest BCUT2D eigenvalue weighted by atomic mass is 10.1. The second-order valence-electron chi connectivity index (χ2n) is 6.54. The normalized spacial score (nSPS) is 11.8. The second-order valence-corrected chi connectivity index (χ2v) is 7.84. The summed E-state index contributed by atoms with van der Waals surface area (Å²) in [4.78, 5) is 2.31. The molecule has 0 saturated heterocycles. The van der Waals surface area contributed by atoms with Crippen molar-refractivity contribution in [1.82, 2.24) is 14.8 Å². The number of benzene rings is 2. The molecule has 0 bridgehead atoms. The van der Waals surface area contributed by atoms with Crippen molar-refractivity contribution in [3.63, 3.8) is 0 Å². The Labute approximate surface area is 171 Å². The molecule has 0 N–H and O–H groups in total. The highest BCUT2D eigenvalue weighted by Gasteiger charge is 2.19. The molecule has 0 aliphatic rings. The molecule has 0 saturated carbocycles. The first-order chi connectivity index (χ1) is 13.6. The first-order valence-electron chi connectivity index (χ1n) is 9.52. The number of nitrogens with zero attached hydrogens (tertiary/aromatic N) is 5. The van der Waals surface area contributed by atoms with E-state index in [2.05, 4.69) is 82.9 Å². The average molecular weight is 392 g/mol. The minimum atomic E-state index is -0.204. The third-order valence-electron chi connectivity index (χ3n) is 4.71. The van der Waals surface area contributed by atoms with Gasteiger partial charge in [-0.25, -0.2) is 0 Å². The number of aryl methyl sites for hydroxylation is 1. The lowest BCUT2D eigenvalue weighted by molar-refractivity contribution is 0.866. The number of aromatic nitrogens is 3. The molecule has 0 aliphatic carbocycles. The molecule has 1 atom stereocenters. The van der Waals surface area contributed by atoms with E-state index in [1.807, 2.05) is 19.1 Å². The van der Waals surface area contributed by atoms with Crippen LogP contribution in [-0.2, 0) is 0 Å². The highest BCUT2D eigenvalue weighted by atomic mass is 32.2. The number of hydrogen-bond donors (Lipinski definition) is 0. The lowest BCUT2D eigenvalue weighted by Crippen LogP contribution is -2.21. The minimum absolute atomic E-state index is 0.204. The molecule has 0 fully saturated rings. The fourth-order valence-corrected chi connectivity index (χ4v) is 3.91. The van der Waals surface area contributed by atoms with Crippen LogP contribution in [0.15, 0.2) is 53.7 Å². The van der Waals surface area contributed by atoms with Crippen molar-refractivity contribution in [3.05, 3.63) is 54.1 Å². The third kappa shape index (κ3) is 4.05. The third-order valence-corrected chi connectivity index (χ3v) is 5.64. The molecule has 6 heteroatoms. The van der Waals surface area contributed by atoms with Crippen molar-refractivity contribution in [1.29, 1.82) is 5.26 Å². The Morgan fingerprint density at radius 2 is 1.75 bits per heavy atom. The van der Waals surface area contributed by atoms with E-state index in [0.717, 1.165) is 40.9 Å². The first kappa shape index (κ1) is 20.0. The molecular weight excluding hydrogens is 366 g/mol. The summed E-state index contributed by atoms with van der Waals surface area (Å²) in [6.07, 6.45) is 0. The molecule has 3 aromatic rings. The van der Waals surface area contributed by atoms with E-state index in [-0.39, 0.29) is 5.25 Å². The molecule has 2 aromatic carbocycles. The summed E-state index contributed by atoms with van der Waals surface area (Å²) in [6, 6.07) is 18.9. The summed E-state index contributed by atoms with van der Waals surface area (Å²) < 4.78 is 2.06. The number of hydrogen-bond acceptors (Lipinski definition) is 5. The van der Waals surface area contributed by atoms with E-state index in [4.69, 9.17) is 0 Å². The van der Waals surface area contributed by atoms with Crippen LogP contribution in [0.25, 0.3) is 17.1 Å². The Kier molecular flexibility index (Phi) is 6.37. The van der Waals surface area contributed by atoms with E-state index in [0.29, 0.717) is 0 Å². The second kappa shape index (κ2) is 8.94. The summed E-state index contributed by atoms with van der Waals surface area (Å²) in [6.45, 7) is 10.2. The van der Waals surface area contributed by atoms with Crippen LogP contribution in [0.2, 0.25) is 0 Å². The average Bonchev–Trinajstić information content (AvgIpc) is 3.13. The predicted octanol–water partition coefficient (Wildman–Crippen LogP) is 5.09. The zero-order chi connectivity index (χ0) is 20.1. The van der Waals surface area contributed by atoms with Crippen LogP contribution in [0.3, 0.4) is 0 Å². The van der Waals surface area contributed by atoms with Gasteiger partial charge < -0.3 is 4.90 Å². The number of anilines is 1. The number of thioether (sulfide) groups is 1. The Balaban J connectivity index is 2.09. The van der Waals surface area contributed by atoms with Gasteiger partial charge in [-0.3, -0.25) is 4.57 Å². The largest absolute Gasteiger partial charge is 0.372 e. The maximum absolute atomic E-state index is 9.23. The molecule has 0 unspecified atom stereocenters. The van der Waals surface area contributed by atoms with Gasteiger partial charge in [0.2, 0.25) is 0 Å². The lowest BCUT2D eigenvalue weighted by Gasteiger charge is -2.21. The molecule has 144 valence electrons. The number of para-hydroxylation sites is 1. The van der Waals surface area contributed by atoms with Crippen molar-refractivity contribution < 1.29 is 0 Å². The van der Waals surface area contributed by atoms with Crippen LogP contribution in [0.1, 0.15) is 26.3 Å². The van der Waals surface area contributed by atoms with Gasteiger partial charge in [-0.15, -0.1) is 10.2 Å². The molecule has 0 amide bonds. The van der Waals surface area contributed by atoms with Crippen molar-refractivity contribution in [2.45, 2.75) is 38.1 Å². The Hall–Kier alpha value is -2.78. The summed E-state index contributed by atoms with van der Waals surface area (Å²) in [5, 5.41) is 18.6. The Morgan fingerprint density at radius 1 is 1.07 bits per heavy atom. The maximum Gasteiger partial charge on any atom is 0.197 e.